The first-order valence-corrected chi connectivity index (χ1v) is 6.84. The van der Waals surface area contributed by atoms with Crippen molar-refractivity contribution in [1.82, 2.24) is 4.90 Å². The molecule has 1 aliphatic heterocycles. The standard InChI is InChI=1S/C15H19NO5/c1-11-7-16(8-13(21-11)15(18)19)14(17)10-20-9-12-5-3-2-4-6-12/h2-6,11,13H,7-10H2,1H3,(H,18,19)/t11-,13?/m1/s1. The summed E-state index contributed by atoms with van der Waals surface area (Å²) in [5.74, 6) is -1.27. The van der Waals surface area contributed by atoms with E-state index in [1.54, 1.807) is 6.92 Å². The summed E-state index contributed by atoms with van der Waals surface area (Å²) in [6, 6.07) is 9.56. The zero-order chi connectivity index (χ0) is 15.2. The lowest BCUT2D eigenvalue weighted by Gasteiger charge is -2.34. The molecule has 1 fully saturated rings. The first kappa shape index (κ1) is 15.5. The average Bonchev–Trinajstić information content (AvgIpc) is 2.47. The summed E-state index contributed by atoms with van der Waals surface area (Å²) in [4.78, 5) is 24.5. The van der Waals surface area contributed by atoms with Crippen molar-refractivity contribution in [3.63, 3.8) is 0 Å². The van der Waals surface area contributed by atoms with Crippen LogP contribution >= 0.6 is 0 Å². The molecule has 1 amide bonds. The summed E-state index contributed by atoms with van der Waals surface area (Å²) in [5.41, 5.74) is 0.990. The molecule has 1 aromatic carbocycles. The van der Waals surface area contributed by atoms with Gasteiger partial charge < -0.3 is 19.5 Å². The monoisotopic (exact) mass is 293 g/mol. The lowest BCUT2D eigenvalue weighted by molar-refractivity contribution is -0.168. The number of carbonyl (C=O) groups is 2. The number of nitrogens with zero attached hydrogens (tertiary/aromatic N) is 1. The highest BCUT2D eigenvalue weighted by atomic mass is 16.5. The van der Waals surface area contributed by atoms with Crippen LogP contribution in [0, 0.1) is 0 Å². The molecule has 0 radical (unpaired) electrons. The van der Waals surface area contributed by atoms with Gasteiger partial charge in [-0.05, 0) is 12.5 Å². The third-order valence-corrected chi connectivity index (χ3v) is 3.23. The number of morpholine rings is 1. The Bertz CT molecular complexity index is 490. The van der Waals surface area contributed by atoms with Crippen molar-refractivity contribution in [2.75, 3.05) is 19.7 Å². The fraction of sp³-hybridized carbons (Fsp3) is 0.467. The van der Waals surface area contributed by atoms with Crippen LogP contribution in [0.15, 0.2) is 30.3 Å². The highest BCUT2D eigenvalue weighted by molar-refractivity contribution is 5.79. The maximum Gasteiger partial charge on any atom is 0.334 e. The molecule has 1 N–H and O–H groups in total. The van der Waals surface area contributed by atoms with Gasteiger partial charge in [0.2, 0.25) is 5.91 Å². The van der Waals surface area contributed by atoms with Gasteiger partial charge in [-0.15, -0.1) is 0 Å². The van der Waals surface area contributed by atoms with Crippen molar-refractivity contribution < 1.29 is 24.2 Å². The highest BCUT2D eigenvalue weighted by Crippen LogP contribution is 2.12. The second-order valence-corrected chi connectivity index (χ2v) is 5.05. The number of benzene rings is 1. The minimum atomic E-state index is -1.05. The van der Waals surface area contributed by atoms with Crippen LogP contribution in [0.2, 0.25) is 0 Å². The van der Waals surface area contributed by atoms with Gasteiger partial charge in [-0.2, -0.15) is 0 Å². The van der Waals surface area contributed by atoms with Crippen molar-refractivity contribution in [3.05, 3.63) is 35.9 Å². The Morgan fingerprint density at radius 3 is 2.71 bits per heavy atom. The maximum atomic E-state index is 12.1. The topological polar surface area (TPSA) is 76.1 Å². The number of amides is 1. The number of carbonyl (C=O) groups excluding carboxylic acids is 1. The van der Waals surface area contributed by atoms with Crippen molar-refractivity contribution in [3.8, 4) is 0 Å². The van der Waals surface area contributed by atoms with E-state index in [1.807, 2.05) is 30.3 Å². The van der Waals surface area contributed by atoms with Gasteiger partial charge in [0.25, 0.3) is 0 Å². The van der Waals surface area contributed by atoms with Crippen LogP contribution in [-0.4, -0.2) is 53.8 Å². The van der Waals surface area contributed by atoms with Crippen molar-refractivity contribution in [2.24, 2.45) is 0 Å². The van der Waals surface area contributed by atoms with E-state index in [-0.39, 0.29) is 25.2 Å². The molecule has 0 aliphatic carbocycles. The molecule has 6 nitrogen and oxygen atoms in total. The van der Waals surface area contributed by atoms with E-state index in [9.17, 15) is 9.59 Å². The summed E-state index contributed by atoms with van der Waals surface area (Å²) >= 11 is 0. The van der Waals surface area contributed by atoms with Gasteiger partial charge >= 0.3 is 5.97 Å². The molecular weight excluding hydrogens is 274 g/mol. The van der Waals surface area contributed by atoms with Gasteiger partial charge in [-0.1, -0.05) is 30.3 Å². The number of aliphatic carboxylic acids is 1. The van der Waals surface area contributed by atoms with Crippen LogP contribution in [0.5, 0.6) is 0 Å². The SMILES string of the molecule is C[C@@H]1CN(C(=O)COCc2ccccc2)CC(C(=O)O)O1. The molecule has 0 saturated carbocycles. The summed E-state index contributed by atoms with van der Waals surface area (Å²) in [6.07, 6.45) is -1.26. The third kappa shape index (κ3) is 4.54. The van der Waals surface area contributed by atoms with E-state index < -0.39 is 12.1 Å². The molecule has 21 heavy (non-hydrogen) atoms. The third-order valence-electron chi connectivity index (χ3n) is 3.23. The molecule has 0 spiro atoms. The zero-order valence-corrected chi connectivity index (χ0v) is 11.9. The lowest BCUT2D eigenvalue weighted by atomic mass is 10.2. The molecule has 6 heteroatoms. The molecule has 1 heterocycles. The molecule has 2 atom stereocenters. The van der Waals surface area contributed by atoms with E-state index in [4.69, 9.17) is 14.6 Å². The Morgan fingerprint density at radius 1 is 1.33 bits per heavy atom. The first-order chi connectivity index (χ1) is 10.1. The molecule has 1 unspecified atom stereocenters. The predicted molar refractivity (Wildman–Crippen MR) is 74.6 cm³/mol. The van der Waals surface area contributed by atoms with Gasteiger partial charge in [-0.3, -0.25) is 4.79 Å². The number of carboxylic acid groups (broad SMARTS) is 1. The van der Waals surface area contributed by atoms with Crippen LogP contribution in [-0.2, 0) is 25.7 Å². The second kappa shape index (κ2) is 7.19. The largest absolute Gasteiger partial charge is 0.479 e. The maximum absolute atomic E-state index is 12.1. The van der Waals surface area contributed by atoms with Crippen LogP contribution in [0.3, 0.4) is 0 Å². The molecule has 0 bridgehead atoms. The average molecular weight is 293 g/mol. The van der Waals surface area contributed by atoms with Gasteiger partial charge in [0.05, 0.1) is 19.3 Å². The Balaban J connectivity index is 1.81. The smallest absolute Gasteiger partial charge is 0.334 e. The van der Waals surface area contributed by atoms with Gasteiger partial charge in [-0.25, -0.2) is 4.79 Å². The molecule has 1 aliphatic rings. The zero-order valence-electron chi connectivity index (χ0n) is 11.9. The summed E-state index contributed by atoms with van der Waals surface area (Å²) in [6.45, 7) is 2.49. The fourth-order valence-electron chi connectivity index (χ4n) is 2.21. The van der Waals surface area contributed by atoms with Gasteiger partial charge in [0.1, 0.15) is 6.61 Å². The number of hydrogen-bond donors (Lipinski definition) is 1. The number of hydrogen-bond acceptors (Lipinski definition) is 4. The molecule has 1 saturated heterocycles. The van der Waals surface area contributed by atoms with Crippen molar-refractivity contribution >= 4 is 11.9 Å². The van der Waals surface area contributed by atoms with E-state index in [0.717, 1.165) is 5.56 Å². The second-order valence-electron chi connectivity index (χ2n) is 5.05. The predicted octanol–water partition coefficient (Wildman–Crippen LogP) is 0.904. The Kier molecular flexibility index (Phi) is 5.30. The Morgan fingerprint density at radius 2 is 2.05 bits per heavy atom. The summed E-state index contributed by atoms with van der Waals surface area (Å²) in [7, 11) is 0. The highest BCUT2D eigenvalue weighted by Gasteiger charge is 2.32. The van der Waals surface area contributed by atoms with Crippen molar-refractivity contribution in [1.29, 1.82) is 0 Å². The van der Waals surface area contributed by atoms with Crippen LogP contribution < -0.4 is 0 Å². The molecule has 1 aromatic rings. The Hall–Kier alpha value is -1.92. The van der Waals surface area contributed by atoms with E-state index in [2.05, 4.69) is 0 Å². The fourth-order valence-corrected chi connectivity index (χ4v) is 2.21. The summed E-state index contributed by atoms with van der Waals surface area (Å²) < 4.78 is 10.7. The lowest BCUT2D eigenvalue weighted by Crippen LogP contribution is -2.52. The van der Waals surface area contributed by atoms with Gasteiger partial charge in [0.15, 0.2) is 6.10 Å². The quantitative estimate of drug-likeness (QED) is 0.873. The van der Waals surface area contributed by atoms with E-state index in [1.165, 1.54) is 4.90 Å². The van der Waals surface area contributed by atoms with E-state index >= 15 is 0 Å². The number of ether oxygens (including phenoxy) is 2. The normalized spacial score (nSPS) is 22.0. The van der Waals surface area contributed by atoms with Crippen LogP contribution in [0.4, 0.5) is 0 Å². The molecule has 2 rings (SSSR count). The number of carboxylic acids is 1. The van der Waals surface area contributed by atoms with Crippen molar-refractivity contribution in [2.45, 2.75) is 25.7 Å². The van der Waals surface area contributed by atoms with Crippen LogP contribution in [0.25, 0.3) is 0 Å². The molecular formula is C15H19NO5. The molecule has 0 aromatic heterocycles. The van der Waals surface area contributed by atoms with Gasteiger partial charge in [0, 0.05) is 6.54 Å². The Labute approximate surface area is 123 Å². The first-order valence-electron chi connectivity index (χ1n) is 6.84. The minimum absolute atomic E-state index is 0.0616. The minimum Gasteiger partial charge on any atom is -0.479 e. The summed E-state index contributed by atoms with van der Waals surface area (Å²) in [5, 5.41) is 8.99. The van der Waals surface area contributed by atoms with E-state index in [0.29, 0.717) is 13.2 Å². The molecule has 114 valence electrons. The van der Waals surface area contributed by atoms with Crippen LogP contribution in [0.1, 0.15) is 12.5 Å². The number of rotatable bonds is 5.